The zero-order chi connectivity index (χ0) is 20.0. The molecule has 0 aliphatic heterocycles. The number of rotatable bonds is 11. The third kappa shape index (κ3) is 6.10. The van der Waals surface area contributed by atoms with Crippen molar-refractivity contribution in [1.29, 1.82) is 0 Å². The molecule has 1 aromatic rings. The van der Waals surface area contributed by atoms with Crippen LogP contribution in [-0.2, 0) is 18.5 Å². The van der Waals surface area contributed by atoms with Crippen molar-refractivity contribution in [2.24, 2.45) is 0 Å². The predicted octanol–water partition coefficient (Wildman–Crippen LogP) is 5.39. The zero-order valence-electron chi connectivity index (χ0n) is 16.9. The lowest BCUT2D eigenvalue weighted by atomic mass is 10.2. The van der Waals surface area contributed by atoms with E-state index in [1.54, 1.807) is 24.3 Å². The van der Waals surface area contributed by atoms with E-state index >= 15 is 0 Å². The molecule has 6 heteroatoms. The number of carbonyl (C=O) groups is 1. The Balaban J connectivity index is 3.13. The summed E-state index contributed by atoms with van der Waals surface area (Å²) < 4.78 is 31.7. The first-order valence-corrected chi connectivity index (χ1v) is 12.6. The second kappa shape index (κ2) is 9.90. The molecule has 1 rings (SSSR count). The predicted molar refractivity (Wildman–Crippen MR) is 111 cm³/mol. The van der Waals surface area contributed by atoms with Crippen LogP contribution in [0.2, 0.25) is 0 Å². The van der Waals surface area contributed by atoms with Gasteiger partial charge in [-0.25, -0.2) is 3.63 Å². The Morgan fingerprint density at radius 2 is 1.54 bits per heavy atom. The summed E-state index contributed by atoms with van der Waals surface area (Å²) in [6.45, 7) is 11.8. The second-order valence-electron chi connectivity index (χ2n) is 7.35. The topological polar surface area (TPSA) is 60.4 Å². The molecule has 0 fully saturated rings. The van der Waals surface area contributed by atoms with Crippen molar-refractivity contribution >= 4 is 26.2 Å². The molecule has 0 amide bonds. The first-order valence-electron chi connectivity index (χ1n) is 9.38. The van der Waals surface area contributed by atoms with Crippen LogP contribution >= 0.6 is 10.3 Å². The van der Waals surface area contributed by atoms with Crippen LogP contribution < -0.4 is 0 Å². The van der Waals surface area contributed by atoms with Crippen molar-refractivity contribution in [3.05, 3.63) is 29.8 Å². The maximum Gasteiger partial charge on any atom is 0.306 e. The maximum atomic E-state index is 12.9. The molecule has 4 nitrogen and oxygen atoms in total. The number of carbonyl (C=O) groups excluding carboxylic acids is 1. The van der Waals surface area contributed by atoms with E-state index in [9.17, 15) is 13.2 Å². The van der Waals surface area contributed by atoms with Gasteiger partial charge in [0, 0.05) is 16.9 Å². The molecule has 0 aliphatic carbocycles. The highest BCUT2D eigenvalue weighted by molar-refractivity contribution is 8.34. The molecule has 0 N–H and O–H groups in total. The van der Waals surface area contributed by atoms with Crippen molar-refractivity contribution < 1.29 is 16.8 Å². The summed E-state index contributed by atoms with van der Waals surface area (Å²) in [6.07, 6.45) is 3.42. The summed E-state index contributed by atoms with van der Waals surface area (Å²) in [4.78, 5) is 12.7. The Hall–Kier alpha value is -0.850. The number of benzene rings is 1. The highest BCUT2D eigenvalue weighted by Crippen LogP contribution is 2.59. The van der Waals surface area contributed by atoms with E-state index in [1.807, 2.05) is 34.6 Å². The lowest BCUT2D eigenvalue weighted by Gasteiger charge is -2.45. The Labute approximate surface area is 161 Å². The van der Waals surface area contributed by atoms with E-state index in [2.05, 4.69) is 6.92 Å². The molecule has 0 bridgehead atoms. The molecule has 0 aliphatic rings. The van der Waals surface area contributed by atoms with Gasteiger partial charge in [0.25, 0.3) is 0 Å². The summed E-state index contributed by atoms with van der Waals surface area (Å²) in [5, 5.41) is -0.0595. The lowest BCUT2D eigenvalue weighted by Crippen LogP contribution is -2.32. The van der Waals surface area contributed by atoms with Gasteiger partial charge < -0.3 is 0 Å². The quantitative estimate of drug-likeness (QED) is 0.466. The molecule has 150 valence electrons. The van der Waals surface area contributed by atoms with Gasteiger partial charge in [0.05, 0.1) is 10.6 Å². The van der Waals surface area contributed by atoms with Crippen molar-refractivity contribution in [3.63, 3.8) is 0 Å². The van der Waals surface area contributed by atoms with Crippen LogP contribution in [0.1, 0.15) is 65.9 Å². The van der Waals surface area contributed by atoms with Crippen LogP contribution in [0.4, 0.5) is 0 Å². The molecule has 1 aromatic carbocycles. The largest absolute Gasteiger partial charge is 0.306 e. The van der Waals surface area contributed by atoms with Gasteiger partial charge in [0.1, 0.15) is 5.78 Å². The fourth-order valence-electron chi connectivity index (χ4n) is 2.87. The number of hydrogen-bond acceptors (Lipinski definition) is 4. The van der Waals surface area contributed by atoms with E-state index in [1.165, 1.54) is 0 Å². The van der Waals surface area contributed by atoms with E-state index in [0.717, 1.165) is 24.8 Å². The molecule has 0 heterocycles. The van der Waals surface area contributed by atoms with Gasteiger partial charge in [-0.05, 0) is 25.5 Å². The zero-order valence-corrected chi connectivity index (χ0v) is 18.6. The van der Waals surface area contributed by atoms with Gasteiger partial charge in [-0.15, -0.1) is 10.3 Å². The number of unbranched alkanes of at least 4 members (excludes halogenated alkanes) is 2. The Morgan fingerprint density at radius 1 is 1.00 bits per heavy atom. The van der Waals surface area contributed by atoms with Gasteiger partial charge in [-0.1, -0.05) is 65.2 Å². The van der Waals surface area contributed by atoms with Crippen molar-refractivity contribution in [3.8, 4) is 0 Å². The SMILES string of the molecule is CCCCCC(=O)CS(OS(=O)(=O)c1ccc(C)cc1)(C(C)C)C(C)C. The summed E-state index contributed by atoms with van der Waals surface area (Å²) in [5.74, 6) is 0.312. The molecule has 0 atom stereocenters. The van der Waals surface area contributed by atoms with Crippen LogP contribution in [0.5, 0.6) is 0 Å². The highest BCUT2D eigenvalue weighted by Gasteiger charge is 2.39. The van der Waals surface area contributed by atoms with E-state index in [0.29, 0.717) is 6.42 Å². The Kier molecular flexibility index (Phi) is 8.83. The van der Waals surface area contributed by atoms with Crippen molar-refractivity contribution in [2.75, 3.05) is 5.75 Å². The van der Waals surface area contributed by atoms with Gasteiger partial charge >= 0.3 is 10.1 Å². The minimum Gasteiger partial charge on any atom is -0.299 e. The minimum absolute atomic E-state index is 0.0298. The summed E-state index contributed by atoms with van der Waals surface area (Å²) >= 11 is 0. The average molecular weight is 403 g/mol. The number of Topliss-reactive ketones (excluding diaryl/α,β-unsaturated/α-hetero) is 1. The lowest BCUT2D eigenvalue weighted by molar-refractivity contribution is -0.116. The fraction of sp³-hybridized carbons (Fsp3) is 0.650. The third-order valence-corrected chi connectivity index (χ3v) is 11.1. The van der Waals surface area contributed by atoms with E-state index in [4.69, 9.17) is 3.63 Å². The molecule has 0 radical (unpaired) electrons. The van der Waals surface area contributed by atoms with E-state index in [-0.39, 0.29) is 26.9 Å². The molecule has 0 unspecified atom stereocenters. The highest BCUT2D eigenvalue weighted by atomic mass is 32.3. The summed E-state index contributed by atoms with van der Waals surface area (Å²) in [7, 11) is -6.03. The van der Waals surface area contributed by atoms with Gasteiger partial charge in [0.15, 0.2) is 0 Å². The summed E-state index contributed by atoms with van der Waals surface area (Å²) in [6, 6.07) is 6.65. The average Bonchev–Trinajstić information content (AvgIpc) is 2.54. The molecule has 0 aromatic heterocycles. The third-order valence-electron chi connectivity index (χ3n) is 4.57. The fourth-order valence-corrected chi connectivity index (χ4v) is 8.84. The number of aryl methyl sites for hydroxylation is 1. The first-order chi connectivity index (χ1) is 12.0. The van der Waals surface area contributed by atoms with Crippen LogP contribution in [-0.4, -0.2) is 30.5 Å². The van der Waals surface area contributed by atoms with Crippen LogP contribution in [0.15, 0.2) is 29.2 Å². The van der Waals surface area contributed by atoms with Crippen LogP contribution in [0, 0.1) is 6.92 Å². The molecule has 26 heavy (non-hydrogen) atoms. The normalized spacial score (nSPS) is 13.4. The minimum atomic E-state index is -3.91. The molecule has 0 saturated heterocycles. The Bertz CT molecular complexity index is 668. The van der Waals surface area contributed by atoms with Crippen LogP contribution in [0.25, 0.3) is 0 Å². The smallest absolute Gasteiger partial charge is 0.299 e. The second-order valence-corrected chi connectivity index (χ2v) is 13.0. The number of hydrogen-bond donors (Lipinski definition) is 0. The van der Waals surface area contributed by atoms with E-state index < -0.39 is 20.4 Å². The maximum absolute atomic E-state index is 12.9. The molecular formula is C20H34O4S2. The van der Waals surface area contributed by atoms with Crippen LogP contribution in [0.3, 0.4) is 0 Å². The first kappa shape index (κ1) is 23.2. The summed E-state index contributed by atoms with van der Waals surface area (Å²) in [5.41, 5.74) is 0.987. The van der Waals surface area contributed by atoms with Gasteiger partial charge in [0.2, 0.25) is 0 Å². The molecule has 0 spiro atoms. The van der Waals surface area contributed by atoms with Crippen molar-refractivity contribution in [2.45, 2.75) is 82.6 Å². The Morgan fingerprint density at radius 3 is 2.00 bits per heavy atom. The van der Waals surface area contributed by atoms with Crippen molar-refractivity contribution in [1.82, 2.24) is 0 Å². The molecule has 0 saturated carbocycles. The number of ketones is 1. The standard InChI is InChI=1S/C20H34O4S2/c1-7-8-9-10-19(21)15-25(16(2)3,17(4)5)24-26(22,23)20-13-11-18(6)12-14-20/h11-14,16-17H,7-10,15H2,1-6H3. The monoisotopic (exact) mass is 402 g/mol. The van der Waals surface area contributed by atoms with Gasteiger partial charge in [-0.3, -0.25) is 4.79 Å². The molecular weight excluding hydrogens is 368 g/mol. The van der Waals surface area contributed by atoms with Gasteiger partial charge in [-0.2, -0.15) is 8.42 Å².